The minimum absolute atomic E-state index is 0.194. The number of halogens is 1. The predicted octanol–water partition coefficient (Wildman–Crippen LogP) is 5.17. The monoisotopic (exact) mass is 429 g/mol. The van der Waals surface area contributed by atoms with Crippen LogP contribution in [0.1, 0.15) is 10.4 Å². The lowest BCUT2D eigenvalue weighted by Crippen LogP contribution is -2.29. The molecule has 0 N–H and O–H groups in total. The number of nitrogens with zero attached hydrogens (tertiary/aromatic N) is 1. The fraction of sp³-hybridized carbons (Fsp3) is 0.0500. The summed E-state index contributed by atoms with van der Waals surface area (Å²) in [5, 5.41) is 1.30. The minimum Gasteiger partial charge on any atom is -0.269 e. The Morgan fingerprint density at radius 1 is 0.833 bits per heavy atom. The van der Waals surface area contributed by atoms with Gasteiger partial charge in [0.25, 0.3) is 5.91 Å². The number of hydroxylamine groups is 1. The summed E-state index contributed by atoms with van der Waals surface area (Å²) >= 11 is 2.29. The van der Waals surface area contributed by atoms with Gasteiger partial charge in [0.1, 0.15) is 0 Å². The zero-order valence-electron chi connectivity index (χ0n) is 13.1. The molecule has 0 saturated heterocycles. The lowest BCUT2D eigenvalue weighted by atomic mass is 10.1. The maximum atomic E-state index is 12.6. The molecule has 24 heavy (non-hydrogen) atoms. The number of anilines is 1. The molecule has 120 valence electrons. The number of carbonyl (C=O) groups excluding carboxylic acids is 1. The quantitative estimate of drug-likeness (QED) is 0.423. The summed E-state index contributed by atoms with van der Waals surface area (Å²) in [4.78, 5) is 17.9. The molecule has 0 bridgehead atoms. The van der Waals surface area contributed by atoms with Crippen molar-refractivity contribution >= 4 is 34.2 Å². The summed E-state index contributed by atoms with van der Waals surface area (Å²) < 4.78 is 1.20. The average molecular weight is 429 g/mol. The Balaban J connectivity index is 1.85. The van der Waals surface area contributed by atoms with Crippen LogP contribution in [0, 0.1) is 3.57 Å². The molecule has 4 heteroatoms. The van der Waals surface area contributed by atoms with Crippen molar-refractivity contribution in [2.24, 2.45) is 0 Å². The molecule has 0 fully saturated rings. The topological polar surface area (TPSA) is 29.5 Å². The molecule has 0 radical (unpaired) electrons. The zero-order chi connectivity index (χ0) is 16.9. The van der Waals surface area contributed by atoms with Gasteiger partial charge in [-0.05, 0) is 70.1 Å². The van der Waals surface area contributed by atoms with E-state index in [0.29, 0.717) is 11.3 Å². The van der Waals surface area contributed by atoms with Crippen molar-refractivity contribution in [2.45, 2.75) is 0 Å². The third-order valence-electron chi connectivity index (χ3n) is 3.67. The van der Waals surface area contributed by atoms with Crippen molar-refractivity contribution in [3.8, 4) is 11.1 Å². The molecule has 0 unspecified atom stereocenters. The van der Waals surface area contributed by atoms with Gasteiger partial charge >= 0.3 is 0 Å². The fourth-order valence-electron chi connectivity index (χ4n) is 2.44. The van der Waals surface area contributed by atoms with Gasteiger partial charge in [-0.25, -0.2) is 0 Å². The highest BCUT2D eigenvalue weighted by molar-refractivity contribution is 14.1. The number of hydrogen-bond donors (Lipinski definition) is 0. The SMILES string of the molecule is CON(C(=O)c1ccccc1)c1ccc(-c2ccc(I)cc2)cc1. The molecule has 3 aromatic carbocycles. The predicted molar refractivity (Wildman–Crippen MR) is 105 cm³/mol. The van der Waals surface area contributed by atoms with Crippen LogP contribution in [0.4, 0.5) is 5.69 Å². The minimum atomic E-state index is -0.194. The van der Waals surface area contributed by atoms with Crippen molar-refractivity contribution in [3.63, 3.8) is 0 Å². The molecule has 3 aromatic rings. The van der Waals surface area contributed by atoms with Crippen LogP contribution in [0.25, 0.3) is 11.1 Å². The molecule has 0 spiro atoms. The number of benzene rings is 3. The third kappa shape index (κ3) is 3.66. The molecule has 3 rings (SSSR count). The van der Waals surface area contributed by atoms with Gasteiger partial charge in [0.15, 0.2) is 0 Å². The number of carbonyl (C=O) groups is 1. The summed E-state index contributed by atoms with van der Waals surface area (Å²) in [7, 11) is 1.49. The van der Waals surface area contributed by atoms with Gasteiger partial charge in [-0.2, -0.15) is 5.06 Å². The molecule has 0 aliphatic rings. The van der Waals surface area contributed by atoms with E-state index in [1.165, 1.54) is 15.7 Å². The van der Waals surface area contributed by atoms with E-state index in [1.807, 2.05) is 42.5 Å². The third-order valence-corrected chi connectivity index (χ3v) is 4.39. The van der Waals surface area contributed by atoms with E-state index in [2.05, 4.69) is 46.9 Å². The van der Waals surface area contributed by atoms with Crippen LogP contribution in [-0.2, 0) is 4.84 Å². The van der Waals surface area contributed by atoms with E-state index < -0.39 is 0 Å². The van der Waals surface area contributed by atoms with Gasteiger partial charge in [-0.1, -0.05) is 42.5 Å². The van der Waals surface area contributed by atoms with Gasteiger partial charge < -0.3 is 0 Å². The first kappa shape index (κ1) is 16.7. The van der Waals surface area contributed by atoms with Crippen LogP contribution in [0.2, 0.25) is 0 Å². The summed E-state index contributed by atoms with van der Waals surface area (Å²) in [5.41, 5.74) is 3.51. The lowest BCUT2D eigenvalue weighted by molar-refractivity contribution is 0.0773. The number of amides is 1. The van der Waals surface area contributed by atoms with Gasteiger partial charge in [0, 0.05) is 9.13 Å². The Labute approximate surface area is 155 Å². The number of hydrogen-bond acceptors (Lipinski definition) is 2. The van der Waals surface area contributed by atoms with Crippen molar-refractivity contribution in [3.05, 3.63) is 88.0 Å². The smallest absolute Gasteiger partial charge is 0.269 e. The molecule has 1 amide bonds. The molecule has 0 atom stereocenters. The molecular weight excluding hydrogens is 413 g/mol. The lowest BCUT2D eigenvalue weighted by Gasteiger charge is -2.20. The van der Waals surface area contributed by atoms with Gasteiger partial charge in [0.2, 0.25) is 0 Å². The first-order valence-electron chi connectivity index (χ1n) is 7.48. The van der Waals surface area contributed by atoms with Crippen LogP contribution in [0.3, 0.4) is 0 Å². The van der Waals surface area contributed by atoms with Gasteiger partial charge in [-0.15, -0.1) is 0 Å². The maximum absolute atomic E-state index is 12.6. The van der Waals surface area contributed by atoms with Crippen molar-refractivity contribution in [2.75, 3.05) is 12.2 Å². The first-order chi connectivity index (χ1) is 11.7. The van der Waals surface area contributed by atoms with E-state index in [-0.39, 0.29) is 5.91 Å². The summed E-state index contributed by atoms with van der Waals surface area (Å²) in [6.45, 7) is 0. The molecule has 0 heterocycles. The summed E-state index contributed by atoms with van der Waals surface area (Å²) in [5.74, 6) is -0.194. The van der Waals surface area contributed by atoms with Crippen molar-refractivity contribution in [1.82, 2.24) is 0 Å². The molecule has 0 aromatic heterocycles. The second-order valence-electron chi connectivity index (χ2n) is 5.20. The van der Waals surface area contributed by atoms with Crippen LogP contribution in [0.5, 0.6) is 0 Å². The standard InChI is InChI=1S/C20H16INO2/c1-24-22(20(23)17-5-3-2-4-6-17)19-13-9-16(10-14-19)15-7-11-18(21)12-8-15/h2-14H,1H3. The van der Waals surface area contributed by atoms with E-state index >= 15 is 0 Å². The average Bonchev–Trinajstić information content (AvgIpc) is 2.64. The molecular formula is C20H16INO2. The second-order valence-corrected chi connectivity index (χ2v) is 6.45. The molecule has 0 aliphatic carbocycles. The number of rotatable bonds is 4. The Hall–Kier alpha value is -2.18. The largest absolute Gasteiger partial charge is 0.282 e. The Morgan fingerprint density at radius 3 is 1.92 bits per heavy atom. The van der Waals surface area contributed by atoms with Crippen LogP contribution >= 0.6 is 22.6 Å². The maximum Gasteiger partial charge on any atom is 0.282 e. The second kappa shape index (κ2) is 7.59. The van der Waals surface area contributed by atoms with Crippen LogP contribution < -0.4 is 5.06 Å². The van der Waals surface area contributed by atoms with Gasteiger partial charge in [0.05, 0.1) is 12.8 Å². The van der Waals surface area contributed by atoms with E-state index in [1.54, 1.807) is 12.1 Å². The normalized spacial score (nSPS) is 10.4. The highest BCUT2D eigenvalue weighted by Crippen LogP contribution is 2.25. The van der Waals surface area contributed by atoms with Crippen LogP contribution in [0.15, 0.2) is 78.9 Å². The van der Waals surface area contributed by atoms with Gasteiger partial charge in [-0.3, -0.25) is 9.63 Å². The zero-order valence-corrected chi connectivity index (χ0v) is 15.3. The van der Waals surface area contributed by atoms with E-state index in [0.717, 1.165) is 11.1 Å². The Morgan fingerprint density at radius 2 is 1.38 bits per heavy atom. The molecule has 0 aliphatic heterocycles. The van der Waals surface area contributed by atoms with Crippen LogP contribution in [-0.4, -0.2) is 13.0 Å². The highest BCUT2D eigenvalue weighted by atomic mass is 127. The Bertz CT molecular complexity index is 815. The summed E-state index contributed by atoms with van der Waals surface area (Å²) in [6.07, 6.45) is 0. The van der Waals surface area contributed by atoms with E-state index in [9.17, 15) is 4.79 Å². The first-order valence-corrected chi connectivity index (χ1v) is 8.56. The van der Waals surface area contributed by atoms with Crippen molar-refractivity contribution in [1.29, 1.82) is 0 Å². The molecule has 0 saturated carbocycles. The highest BCUT2D eigenvalue weighted by Gasteiger charge is 2.17. The summed E-state index contributed by atoms with van der Waals surface area (Å²) in [6, 6.07) is 25.2. The Kier molecular flexibility index (Phi) is 5.27. The molecule has 3 nitrogen and oxygen atoms in total. The fourth-order valence-corrected chi connectivity index (χ4v) is 2.79. The van der Waals surface area contributed by atoms with Crippen molar-refractivity contribution < 1.29 is 9.63 Å². The van der Waals surface area contributed by atoms with E-state index in [4.69, 9.17) is 4.84 Å².